The molecule has 1 N–H and O–H groups in total. The van der Waals surface area contributed by atoms with Crippen molar-refractivity contribution in [3.05, 3.63) is 59.1 Å². The van der Waals surface area contributed by atoms with Crippen LogP contribution < -0.4 is 10.0 Å². The molecule has 4 rings (SSSR count). The van der Waals surface area contributed by atoms with Crippen molar-refractivity contribution >= 4 is 32.3 Å². The van der Waals surface area contributed by atoms with Gasteiger partial charge in [0.1, 0.15) is 0 Å². The average Bonchev–Trinajstić information content (AvgIpc) is 3.12. The third kappa shape index (κ3) is 3.43. The Hall–Kier alpha value is -3.27. The Morgan fingerprint density at radius 2 is 1.87 bits per heavy atom. The summed E-state index contributed by atoms with van der Waals surface area (Å²) in [7, 11) is -3.63. The van der Waals surface area contributed by atoms with Gasteiger partial charge >= 0.3 is 0 Å². The SMILES string of the molecule is CC(C)c1cnn2c(NC(C)c3cccc4c3ccc[n+]4[O-])nc(S(C)(=O)=O)nc12. The molecule has 1 aromatic carbocycles. The second-order valence-electron chi connectivity index (χ2n) is 7.57. The number of hydrogen-bond acceptors (Lipinski definition) is 7. The van der Waals surface area contributed by atoms with Crippen molar-refractivity contribution in [2.75, 3.05) is 11.6 Å². The van der Waals surface area contributed by atoms with Gasteiger partial charge in [-0.1, -0.05) is 26.0 Å². The fourth-order valence-electron chi connectivity index (χ4n) is 3.43. The number of benzene rings is 1. The Labute approximate surface area is 173 Å². The maximum absolute atomic E-state index is 12.2. The van der Waals surface area contributed by atoms with Crippen LogP contribution in [0.4, 0.5) is 5.95 Å². The first-order valence-corrected chi connectivity index (χ1v) is 11.4. The fourth-order valence-corrected chi connectivity index (χ4v) is 3.94. The highest BCUT2D eigenvalue weighted by Crippen LogP contribution is 2.27. The van der Waals surface area contributed by atoms with Crippen LogP contribution in [0, 0.1) is 5.21 Å². The van der Waals surface area contributed by atoms with E-state index >= 15 is 0 Å². The molecule has 156 valence electrons. The van der Waals surface area contributed by atoms with E-state index in [1.165, 1.54) is 10.7 Å². The summed E-state index contributed by atoms with van der Waals surface area (Å²) in [4.78, 5) is 8.48. The highest BCUT2D eigenvalue weighted by atomic mass is 32.2. The van der Waals surface area contributed by atoms with E-state index in [9.17, 15) is 13.6 Å². The monoisotopic (exact) mass is 426 g/mol. The van der Waals surface area contributed by atoms with Crippen LogP contribution in [0.1, 0.15) is 43.9 Å². The summed E-state index contributed by atoms with van der Waals surface area (Å²) in [6.45, 7) is 5.89. The molecule has 0 aliphatic carbocycles. The predicted molar refractivity (Wildman–Crippen MR) is 113 cm³/mol. The van der Waals surface area contributed by atoms with E-state index < -0.39 is 9.84 Å². The Balaban J connectivity index is 1.85. The van der Waals surface area contributed by atoms with E-state index in [4.69, 9.17) is 0 Å². The molecular formula is C20H22N6O3S. The van der Waals surface area contributed by atoms with Gasteiger partial charge in [-0.3, -0.25) is 0 Å². The van der Waals surface area contributed by atoms with E-state index in [0.717, 1.165) is 27.5 Å². The number of fused-ring (bicyclic) bond motifs is 2. The minimum atomic E-state index is -3.63. The molecule has 0 aliphatic rings. The van der Waals surface area contributed by atoms with E-state index in [-0.39, 0.29) is 23.1 Å². The van der Waals surface area contributed by atoms with Crippen molar-refractivity contribution in [2.24, 2.45) is 0 Å². The summed E-state index contributed by atoms with van der Waals surface area (Å²) < 4.78 is 26.7. The molecule has 0 spiro atoms. The molecule has 3 aromatic heterocycles. The zero-order valence-electron chi connectivity index (χ0n) is 17.1. The Morgan fingerprint density at radius 3 is 2.57 bits per heavy atom. The third-order valence-electron chi connectivity index (χ3n) is 4.98. The number of pyridine rings is 1. The zero-order valence-corrected chi connectivity index (χ0v) is 17.9. The van der Waals surface area contributed by atoms with Crippen LogP contribution in [-0.2, 0) is 9.84 Å². The molecule has 3 heterocycles. The predicted octanol–water partition coefficient (Wildman–Crippen LogP) is 2.61. The van der Waals surface area contributed by atoms with Gasteiger partial charge in [-0.25, -0.2) is 8.42 Å². The van der Waals surface area contributed by atoms with Gasteiger partial charge in [-0.05, 0) is 24.5 Å². The first-order valence-electron chi connectivity index (χ1n) is 9.50. The summed E-state index contributed by atoms with van der Waals surface area (Å²) in [5.74, 6) is 0.378. The van der Waals surface area contributed by atoms with Gasteiger partial charge in [0.15, 0.2) is 11.8 Å². The van der Waals surface area contributed by atoms with E-state index in [2.05, 4.69) is 20.4 Å². The smallest absolute Gasteiger partial charge is 0.252 e. The molecular weight excluding hydrogens is 404 g/mol. The quantitative estimate of drug-likeness (QED) is 0.385. The van der Waals surface area contributed by atoms with Gasteiger partial charge in [0, 0.05) is 24.0 Å². The molecule has 0 aliphatic heterocycles. The van der Waals surface area contributed by atoms with Crippen LogP contribution in [0.2, 0.25) is 0 Å². The lowest BCUT2D eigenvalue weighted by molar-refractivity contribution is -0.577. The average molecular weight is 427 g/mol. The molecule has 0 saturated carbocycles. The van der Waals surface area contributed by atoms with Crippen molar-refractivity contribution in [3.63, 3.8) is 0 Å². The summed E-state index contributed by atoms with van der Waals surface area (Å²) in [6, 6.07) is 8.77. The molecule has 0 fully saturated rings. The van der Waals surface area contributed by atoms with E-state index in [1.54, 1.807) is 18.3 Å². The zero-order chi connectivity index (χ0) is 21.6. The third-order valence-corrected chi connectivity index (χ3v) is 5.83. The summed E-state index contributed by atoms with van der Waals surface area (Å²) >= 11 is 0. The highest BCUT2D eigenvalue weighted by Gasteiger charge is 2.22. The van der Waals surface area contributed by atoms with Gasteiger partial charge in [0.2, 0.25) is 21.3 Å². The first-order chi connectivity index (χ1) is 14.2. The molecule has 0 saturated heterocycles. The number of sulfone groups is 1. The topological polar surface area (TPSA) is 116 Å². The van der Waals surface area contributed by atoms with Gasteiger partial charge in [-0.15, -0.1) is 0 Å². The minimum absolute atomic E-state index is 0.112. The van der Waals surface area contributed by atoms with Crippen LogP contribution in [0.25, 0.3) is 16.6 Å². The van der Waals surface area contributed by atoms with Crippen LogP contribution in [0.3, 0.4) is 0 Å². The van der Waals surface area contributed by atoms with Gasteiger partial charge < -0.3 is 10.5 Å². The van der Waals surface area contributed by atoms with Gasteiger partial charge in [0.05, 0.1) is 17.6 Å². The maximum atomic E-state index is 12.2. The largest absolute Gasteiger partial charge is 0.618 e. The van der Waals surface area contributed by atoms with Crippen molar-refractivity contribution in [2.45, 2.75) is 37.9 Å². The molecule has 4 aromatic rings. The molecule has 1 unspecified atom stereocenters. The number of hydrogen-bond donors (Lipinski definition) is 1. The van der Waals surface area contributed by atoms with E-state index in [0.29, 0.717) is 11.2 Å². The molecule has 10 heteroatoms. The summed E-state index contributed by atoms with van der Waals surface area (Å²) in [6.07, 6.45) is 4.21. The van der Waals surface area contributed by atoms with E-state index in [1.807, 2.05) is 39.0 Å². The second kappa shape index (κ2) is 7.21. The molecule has 30 heavy (non-hydrogen) atoms. The lowest BCUT2D eigenvalue weighted by atomic mass is 10.0. The number of nitrogens with zero attached hydrogens (tertiary/aromatic N) is 5. The molecule has 9 nitrogen and oxygen atoms in total. The number of nitrogens with one attached hydrogen (secondary N) is 1. The Bertz CT molecular complexity index is 1360. The van der Waals surface area contributed by atoms with Crippen LogP contribution in [0.15, 0.2) is 47.9 Å². The highest BCUT2D eigenvalue weighted by molar-refractivity contribution is 7.90. The van der Waals surface area contributed by atoms with Crippen molar-refractivity contribution < 1.29 is 13.1 Å². The molecule has 0 radical (unpaired) electrons. The normalized spacial score (nSPS) is 13.2. The minimum Gasteiger partial charge on any atom is -0.618 e. The lowest BCUT2D eigenvalue weighted by Crippen LogP contribution is -2.26. The van der Waals surface area contributed by atoms with Crippen molar-refractivity contribution in [3.8, 4) is 0 Å². The van der Waals surface area contributed by atoms with Gasteiger partial charge in [0.25, 0.3) is 5.16 Å². The molecule has 0 amide bonds. The van der Waals surface area contributed by atoms with Crippen LogP contribution in [-0.4, -0.2) is 34.3 Å². The second-order valence-corrected chi connectivity index (χ2v) is 9.48. The molecule has 1 atom stereocenters. The number of anilines is 1. The first kappa shape index (κ1) is 20.0. The van der Waals surface area contributed by atoms with Crippen LogP contribution in [0.5, 0.6) is 0 Å². The lowest BCUT2D eigenvalue weighted by Gasteiger charge is -2.17. The van der Waals surface area contributed by atoms with Gasteiger partial charge in [-0.2, -0.15) is 24.3 Å². The number of rotatable bonds is 5. The van der Waals surface area contributed by atoms with Crippen molar-refractivity contribution in [1.29, 1.82) is 0 Å². The fraction of sp³-hybridized carbons (Fsp3) is 0.300. The maximum Gasteiger partial charge on any atom is 0.252 e. The Kier molecular flexibility index (Phi) is 4.81. The summed E-state index contributed by atoms with van der Waals surface area (Å²) in [5.41, 5.74) is 2.71. The number of aromatic nitrogens is 5. The van der Waals surface area contributed by atoms with Crippen molar-refractivity contribution in [1.82, 2.24) is 19.6 Å². The molecule has 0 bridgehead atoms. The van der Waals surface area contributed by atoms with Crippen LogP contribution >= 0.6 is 0 Å². The standard InChI is InChI=1S/C20H22N6O3S/c1-12(2)16-11-21-26-18(16)23-20(30(4,28)29)24-19(26)22-13(3)14-7-5-9-17-15(14)8-6-10-25(17)27/h5-13H,1-4H3,(H,22,23,24). The summed E-state index contributed by atoms with van der Waals surface area (Å²) in [5, 5.41) is 20.3. The Morgan fingerprint density at radius 1 is 1.10 bits per heavy atom.